The van der Waals surface area contributed by atoms with E-state index in [-0.39, 0.29) is 0 Å². The van der Waals surface area contributed by atoms with Crippen molar-refractivity contribution in [2.24, 2.45) is 5.84 Å². The zero-order chi connectivity index (χ0) is 12.7. The molecule has 3 N–H and O–H groups in total. The molecule has 0 aliphatic carbocycles. The molecule has 0 saturated heterocycles. The van der Waals surface area contributed by atoms with Gasteiger partial charge < -0.3 is 0 Å². The maximum atomic E-state index is 5.57. The van der Waals surface area contributed by atoms with Crippen LogP contribution < -0.4 is 11.3 Å². The van der Waals surface area contributed by atoms with Crippen LogP contribution in [0.1, 0.15) is 25.3 Å². The Labute approximate surface area is 109 Å². The molecule has 1 rings (SSSR count). The number of nitrogens with two attached hydrogens (primary N) is 1. The first-order valence-electron chi connectivity index (χ1n) is 5.98. The smallest absolute Gasteiger partial charge is 0.0341 e. The molecule has 0 aromatic heterocycles. The van der Waals surface area contributed by atoms with Gasteiger partial charge in [-0.1, -0.05) is 37.3 Å². The van der Waals surface area contributed by atoms with Gasteiger partial charge in [0.2, 0.25) is 0 Å². The van der Waals surface area contributed by atoms with Crippen LogP contribution in [0.15, 0.2) is 41.3 Å². The summed E-state index contributed by atoms with van der Waals surface area (Å²) < 4.78 is 0. The standard InChI is InChI=1S/C14H22N2S/c1-4-11(2)9-13(16-15)10-17-14-8-6-5-7-12(14)3/h5-8,13,16H,2,4,9-10,15H2,1,3H3. The number of hydrogen-bond acceptors (Lipinski definition) is 3. The molecular formula is C14H22N2S. The first kappa shape index (κ1) is 14.3. The van der Waals surface area contributed by atoms with E-state index in [4.69, 9.17) is 5.84 Å². The summed E-state index contributed by atoms with van der Waals surface area (Å²) in [4.78, 5) is 1.33. The highest BCUT2D eigenvalue weighted by Crippen LogP contribution is 2.23. The second-order valence-electron chi connectivity index (χ2n) is 4.25. The van der Waals surface area contributed by atoms with E-state index < -0.39 is 0 Å². The van der Waals surface area contributed by atoms with Crippen molar-refractivity contribution in [3.05, 3.63) is 42.0 Å². The summed E-state index contributed by atoms with van der Waals surface area (Å²) in [7, 11) is 0. The molecule has 1 atom stereocenters. The van der Waals surface area contributed by atoms with Gasteiger partial charge in [0.15, 0.2) is 0 Å². The van der Waals surface area contributed by atoms with Gasteiger partial charge >= 0.3 is 0 Å². The molecule has 1 unspecified atom stereocenters. The Hall–Kier alpha value is -0.770. The maximum absolute atomic E-state index is 5.57. The molecule has 0 spiro atoms. The van der Waals surface area contributed by atoms with E-state index in [1.807, 2.05) is 11.8 Å². The predicted molar refractivity (Wildman–Crippen MR) is 77.1 cm³/mol. The van der Waals surface area contributed by atoms with Crippen molar-refractivity contribution in [3.63, 3.8) is 0 Å². The summed E-state index contributed by atoms with van der Waals surface area (Å²) in [5.74, 6) is 6.55. The lowest BCUT2D eigenvalue weighted by Crippen LogP contribution is -2.37. The molecule has 0 amide bonds. The highest BCUT2D eigenvalue weighted by molar-refractivity contribution is 7.99. The first-order valence-corrected chi connectivity index (χ1v) is 6.97. The van der Waals surface area contributed by atoms with Crippen molar-refractivity contribution in [3.8, 4) is 0 Å². The summed E-state index contributed by atoms with van der Waals surface area (Å²) in [5, 5.41) is 0. The highest BCUT2D eigenvalue weighted by Gasteiger charge is 2.09. The Morgan fingerprint density at radius 1 is 1.47 bits per heavy atom. The van der Waals surface area contributed by atoms with E-state index in [0.717, 1.165) is 18.6 Å². The minimum Gasteiger partial charge on any atom is -0.271 e. The first-order chi connectivity index (χ1) is 8.17. The van der Waals surface area contributed by atoms with Crippen molar-refractivity contribution in [2.45, 2.75) is 37.6 Å². The third-order valence-electron chi connectivity index (χ3n) is 2.80. The topological polar surface area (TPSA) is 38.0 Å². The molecule has 2 nitrogen and oxygen atoms in total. The van der Waals surface area contributed by atoms with Crippen LogP contribution in [0.2, 0.25) is 0 Å². The average Bonchev–Trinajstić information content (AvgIpc) is 2.35. The number of rotatable bonds is 7. The number of thioether (sulfide) groups is 1. The van der Waals surface area contributed by atoms with Crippen molar-refractivity contribution >= 4 is 11.8 Å². The van der Waals surface area contributed by atoms with E-state index in [0.29, 0.717) is 6.04 Å². The van der Waals surface area contributed by atoms with Gasteiger partial charge in [0.1, 0.15) is 0 Å². The van der Waals surface area contributed by atoms with Gasteiger partial charge in [-0.25, -0.2) is 0 Å². The molecule has 0 heterocycles. The number of hydrogen-bond donors (Lipinski definition) is 2. The van der Waals surface area contributed by atoms with Gasteiger partial charge in [-0.05, 0) is 31.4 Å². The molecule has 3 heteroatoms. The van der Waals surface area contributed by atoms with Gasteiger partial charge in [0.25, 0.3) is 0 Å². The SMILES string of the molecule is C=C(CC)CC(CSc1ccccc1C)NN. The Morgan fingerprint density at radius 3 is 2.76 bits per heavy atom. The van der Waals surface area contributed by atoms with Gasteiger partial charge in [-0.3, -0.25) is 11.3 Å². The van der Waals surface area contributed by atoms with Crippen molar-refractivity contribution in [1.82, 2.24) is 5.43 Å². The van der Waals surface area contributed by atoms with E-state index in [9.17, 15) is 0 Å². The van der Waals surface area contributed by atoms with Gasteiger partial charge in [0.05, 0.1) is 0 Å². The maximum Gasteiger partial charge on any atom is 0.0341 e. The molecule has 0 aliphatic rings. The van der Waals surface area contributed by atoms with Crippen LogP contribution in [-0.4, -0.2) is 11.8 Å². The normalized spacial score (nSPS) is 12.4. The van der Waals surface area contributed by atoms with Crippen LogP contribution in [0.4, 0.5) is 0 Å². The summed E-state index contributed by atoms with van der Waals surface area (Å²) in [6.07, 6.45) is 1.97. The zero-order valence-corrected chi connectivity index (χ0v) is 11.5. The number of hydrazine groups is 1. The second-order valence-corrected chi connectivity index (χ2v) is 5.31. The minimum atomic E-state index is 0.298. The summed E-state index contributed by atoms with van der Waals surface area (Å²) >= 11 is 1.85. The average molecular weight is 250 g/mol. The molecule has 0 fully saturated rings. The number of nitrogens with one attached hydrogen (secondary N) is 1. The van der Waals surface area contributed by atoms with Gasteiger partial charge in [-0.15, -0.1) is 11.8 Å². The quantitative estimate of drug-likeness (QED) is 0.337. The molecule has 1 aromatic carbocycles. The van der Waals surface area contributed by atoms with Crippen LogP contribution >= 0.6 is 11.8 Å². The fraction of sp³-hybridized carbons (Fsp3) is 0.429. The van der Waals surface area contributed by atoms with Crippen molar-refractivity contribution < 1.29 is 0 Å². The van der Waals surface area contributed by atoms with Crippen molar-refractivity contribution in [1.29, 1.82) is 0 Å². The zero-order valence-electron chi connectivity index (χ0n) is 10.7. The Balaban J connectivity index is 2.48. The molecule has 1 aromatic rings. The lowest BCUT2D eigenvalue weighted by Gasteiger charge is -2.16. The van der Waals surface area contributed by atoms with E-state index >= 15 is 0 Å². The largest absolute Gasteiger partial charge is 0.271 e. The van der Waals surface area contributed by atoms with E-state index in [2.05, 4.69) is 50.1 Å². The van der Waals surface area contributed by atoms with Crippen LogP contribution in [0, 0.1) is 6.92 Å². The molecule has 17 heavy (non-hydrogen) atoms. The Morgan fingerprint density at radius 2 is 2.18 bits per heavy atom. The lowest BCUT2D eigenvalue weighted by molar-refractivity contribution is 0.568. The van der Waals surface area contributed by atoms with Gasteiger partial charge in [-0.2, -0.15) is 0 Å². The van der Waals surface area contributed by atoms with Gasteiger partial charge in [0, 0.05) is 16.7 Å². The van der Waals surface area contributed by atoms with E-state index in [1.165, 1.54) is 16.0 Å². The fourth-order valence-electron chi connectivity index (χ4n) is 1.57. The summed E-state index contributed by atoms with van der Waals surface area (Å²) in [5.41, 5.74) is 5.45. The molecule has 0 aliphatic heterocycles. The van der Waals surface area contributed by atoms with Crippen LogP contribution in [0.5, 0.6) is 0 Å². The molecule has 0 radical (unpaired) electrons. The lowest BCUT2D eigenvalue weighted by atomic mass is 10.1. The molecule has 94 valence electrons. The van der Waals surface area contributed by atoms with E-state index in [1.54, 1.807) is 0 Å². The Bertz CT molecular complexity index is 363. The predicted octanol–water partition coefficient (Wildman–Crippen LogP) is 3.28. The van der Waals surface area contributed by atoms with Crippen LogP contribution in [0.3, 0.4) is 0 Å². The van der Waals surface area contributed by atoms with Crippen molar-refractivity contribution in [2.75, 3.05) is 5.75 Å². The summed E-state index contributed by atoms with van der Waals surface area (Å²) in [6, 6.07) is 8.73. The Kier molecular flexibility index (Phi) is 6.34. The highest BCUT2D eigenvalue weighted by atomic mass is 32.2. The number of aryl methyl sites for hydroxylation is 1. The number of benzene rings is 1. The third kappa shape index (κ3) is 4.94. The minimum absolute atomic E-state index is 0.298. The third-order valence-corrected chi connectivity index (χ3v) is 4.14. The molecule has 0 saturated carbocycles. The van der Waals surface area contributed by atoms with Crippen LogP contribution in [-0.2, 0) is 0 Å². The fourth-order valence-corrected chi connectivity index (χ4v) is 2.63. The molecular weight excluding hydrogens is 228 g/mol. The summed E-state index contributed by atoms with van der Waals surface area (Å²) in [6.45, 7) is 8.30. The monoisotopic (exact) mass is 250 g/mol. The van der Waals surface area contributed by atoms with Crippen LogP contribution in [0.25, 0.3) is 0 Å². The molecule has 0 bridgehead atoms. The second kappa shape index (κ2) is 7.54.